The topological polar surface area (TPSA) is 78.6 Å². The minimum atomic E-state index is -3.35. The molecule has 0 heterocycles. The smallest absolute Gasteiger partial charge is 0.209 e. The van der Waals surface area contributed by atoms with Crippen molar-refractivity contribution in [3.63, 3.8) is 0 Å². The Bertz CT molecular complexity index is 215. The van der Waals surface area contributed by atoms with Gasteiger partial charge in [-0.15, -0.1) is 0 Å². The summed E-state index contributed by atoms with van der Waals surface area (Å²) in [5.41, 5.74) is 0. The monoisotopic (exact) mass is 211 g/mol. The van der Waals surface area contributed by atoms with Crippen molar-refractivity contribution in [2.45, 2.75) is 19.4 Å². The molecule has 0 saturated heterocycles. The van der Waals surface area contributed by atoms with Crippen molar-refractivity contribution in [2.24, 2.45) is 5.14 Å². The van der Waals surface area contributed by atoms with Crippen LogP contribution in [0.15, 0.2) is 0 Å². The Morgan fingerprint density at radius 2 is 2.08 bits per heavy atom. The molecule has 0 spiro atoms. The van der Waals surface area contributed by atoms with Gasteiger partial charge in [-0.25, -0.2) is 13.6 Å². The summed E-state index contributed by atoms with van der Waals surface area (Å²) in [5.74, 6) is -0.0350. The van der Waals surface area contributed by atoms with Crippen LogP contribution in [0.2, 0.25) is 0 Å². The number of rotatable bonds is 7. The van der Waals surface area contributed by atoms with Gasteiger partial charge in [-0.3, -0.25) is 0 Å². The summed E-state index contributed by atoms with van der Waals surface area (Å²) < 4.78 is 31.1. The fraction of sp³-hybridized carbons (Fsp3) is 1.00. The Balaban J connectivity index is 3.36. The maximum Gasteiger partial charge on any atom is 0.209 e. The first-order chi connectivity index (χ1) is 5.95. The van der Waals surface area contributed by atoms with Crippen molar-refractivity contribution in [2.75, 3.05) is 26.1 Å². The summed E-state index contributed by atoms with van der Waals surface area (Å²) in [7, 11) is -1.76. The maximum absolute atomic E-state index is 10.5. The Hall–Kier alpha value is -0.170. The minimum absolute atomic E-state index is 0.00882. The third-order valence-electron chi connectivity index (χ3n) is 1.38. The zero-order valence-electron chi connectivity index (χ0n) is 8.02. The van der Waals surface area contributed by atoms with Crippen LogP contribution >= 0.6 is 0 Å². The average Bonchev–Trinajstić information content (AvgIpc) is 1.97. The van der Waals surface area contributed by atoms with Crippen molar-refractivity contribution >= 4 is 10.0 Å². The van der Waals surface area contributed by atoms with Crippen LogP contribution in [-0.2, 0) is 19.5 Å². The summed E-state index contributed by atoms with van der Waals surface area (Å²) in [6, 6.07) is 0. The third kappa shape index (κ3) is 9.75. The maximum atomic E-state index is 10.5. The van der Waals surface area contributed by atoms with Crippen LogP contribution in [0, 0.1) is 0 Å². The largest absolute Gasteiger partial charge is 0.382 e. The molecule has 0 fully saturated rings. The van der Waals surface area contributed by atoms with Gasteiger partial charge < -0.3 is 9.47 Å². The molecule has 0 aliphatic carbocycles. The van der Waals surface area contributed by atoms with E-state index in [4.69, 9.17) is 14.6 Å². The molecule has 0 amide bonds. The fourth-order valence-corrected chi connectivity index (χ4v) is 1.35. The highest BCUT2D eigenvalue weighted by molar-refractivity contribution is 7.89. The number of hydrogen-bond donors (Lipinski definition) is 1. The van der Waals surface area contributed by atoms with E-state index < -0.39 is 10.0 Å². The second kappa shape index (κ2) is 6.31. The van der Waals surface area contributed by atoms with Gasteiger partial charge in [-0.1, -0.05) is 0 Å². The molecular weight excluding hydrogens is 194 g/mol. The Kier molecular flexibility index (Phi) is 6.23. The van der Waals surface area contributed by atoms with Crippen LogP contribution in [0.5, 0.6) is 0 Å². The Morgan fingerprint density at radius 3 is 2.54 bits per heavy atom. The van der Waals surface area contributed by atoms with Crippen LogP contribution in [0.4, 0.5) is 0 Å². The molecule has 13 heavy (non-hydrogen) atoms. The summed E-state index contributed by atoms with van der Waals surface area (Å²) in [5, 5.41) is 4.80. The van der Waals surface area contributed by atoms with Gasteiger partial charge in [-0.2, -0.15) is 0 Å². The van der Waals surface area contributed by atoms with E-state index in [1.54, 1.807) is 7.11 Å². The van der Waals surface area contributed by atoms with Gasteiger partial charge in [0.2, 0.25) is 10.0 Å². The van der Waals surface area contributed by atoms with Crippen molar-refractivity contribution in [3.8, 4) is 0 Å². The molecule has 6 heteroatoms. The zero-order valence-corrected chi connectivity index (χ0v) is 8.84. The van der Waals surface area contributed by atoms with Gasteiger partial charge in [0.1, 0.15) is 0 Å². The van der Waals surface area contributed by atoms with Crippen LogP contribution in [0.3, 0.4) is 0 Å². The molecule has 80 valence electrons. The summed E-state index contributed by atoms with van der Waals surface area (Å²) in [6.07, 6.45) is 0.415. The highest BCUT2D eigenvalue weighted by atomic mass is 32.2. The highest BCUT2D eigenvalue weighted by Gasteiger charge is 2.04. The van der Waals surface area contributed by atoms with Crippen molar-refractivity contribution in [1.29, 1.82) is 0 Å². The molecule has 0 aliphatic rings. The normalized spacial score (nSPS) is 14.4. The summed E-state index contributed by atoms with van der Waals surface area (Å²) >= 11 is 0. The molecular formula is C7H17NO4S. The van der Waals surface area contributed by atoms with E-state index in [1.165, 1.54) is 0 Å². The molecule has 0 rings (SSSR count). The fourth-order valence-electron chi connectivity index (χ4n) is 0.827. The van der Waals surface area contributed by atoms with E-state index in [0.29, 0.717) is 19.6 Å². The van der Waals surface area contributed by atoms with E-state index in [9.17, 15) is 8.42 Å². The zero-order chi connectivity index (χ0) is 10.3. The van der Waals surface area contributed by atoms with Crippen molar-refractivity contribution < 1.29 is 17.9 Å². The first-order valence-electron chi connectivity index (χ1n) is 4.06. The van der Waals surface area contributed by atoms with Gasteiger partial charge in [0.25, 0.3) is 0 Å². The van der Waals surface area contributed by atoms with E-state index in [0.717, 1.165) is 0 Å². The van der Waals surface area contributed by atoms with E-state index in [-0.39, 0.29) is 11.9 Å². The van der Waals surface area contributed by atoms with Gasteiger partial charge in [0.15, 0.2) is 0 Å². The molecule has 1 unspecified atom stereocenters. The summed E-state index contributed by atoms with van der Waals surface area (Å²) in [4.78, 5) is 0. The molecule has 0 aromatic rings. The van der Waals surface area contributed by atoms with Crippen molar-refractivity contribution in [1.82, 2.24) is 0 Å². The van der Waals surface area contributed by atoms with Crippen LogP contribution in [0.25, 0.3) is 0 Å². The number of methoxy groups -OCH3 is 1. The van der Waals surface area contributed by atoms with E-state index >= 15 is 0 Å². The number of sulfonamides is 1. The second-order valence-corrected chi connectivity index (χ2v) is 4.59. The lowest BCUT2D eigenvalue weighted by Crippen LogP contribution is -2.20. The van der Waals surface area contributed by atoms with Crippen LogP contribution < -0.4 is 5.14 Å². The molecule has 0 saturated carbocycles. The first kappa shape index (κ1) is 12.8. The molecule has 1 atom stereocenters. The predicted octanol–water partition coefficient (Wildman–Crippen LogP) is -0.283. The summed E-state index contributed by atoms with van der Waals surface area (Å²) in [6.45, 7) is 2.76. The predicted molar refractivity (Wildman–Crippen MR) is 49.9 cm³/mol. The molecule has 0 radical (unpaired) electrons. The SMILES string of the molecule is COCC(C)OCCCS(N)(=O)=O. The lowest BCUT2D eigenvalue weighted by atomic mass is 10.4. The molecule has 2 N–H and O–H groups in total. The quantitative estimate of drug-likeness (QED) is 0.587. The van der Waals surface area contributed by atoms with E-state index in [2.05, 4.69) is 0 Å². The first-order valence-corrected chi connectivity index (χ1v) is 5.78. The van der Waals surface area contributed by atoms with Gasteiger partial charge in [0.05, 0.1) is 18.5 Å². The number of primary sulfonamides is 1. The lowest BCUT2D eigenvalue weighted by Gasteiger charge is -2.10. The lowest BCUT2D eigenvalue weighted by molar-refractivity contribution is 0.00976. The number of hydrogen-bond acceptors (Lipinski definition) is 4. The average molecular weight is 211 g/mol. The highest BCUT2D eigenvalue weighted by Crippen LogP contribution is 1.94. The van der Waals surface area contributed by atoms with Crippen molar-refractivity contribution in [3.05, 3.63) is 0 Å². The third-order valence-corrected chi connectivity index (χ3v) is 2.23. The minimum Gasteiger partial charge on any atom is -0.382 e. The van der Waals surface area contributed by atoms with E-state index in [1.807, 2.05) is 6.92 Å². The van der Waals surface area contributed by atoms with Gasteiger partial charge in [-0.05, 0) is 13.3 Å². The van der Waals surface area contributed by atoms with Gasteiger partial charge in [0, 0.05) is 13.7 Å². The Morgan fingerprint density at radius 1 is 1.46 bits per heavy atom. The molecule has 5 nitrogen and oxygen atoms in total. The molecule has 0 aromatic carbocycles. The second-order valence-electron chi connectivity index (χ2n) is 2.86. The molecule has 0 bridgehead atoms. The number of ether oxygens (including phenoxy) is 2. The standard InChI is InChI=1S/C7H17NO4S/c1-7(6-11-2)12-4-3-5-13(8,9)10/h7H,3-6H2,1-2H3,(H2,8,9,10). The van der Waals surface area contributed by atoms with Gasteiger partial charge >= 0.3 is 0 Å². The Labute approximate surface area is 79.3 Å². The van der Waals surface area contributed by atoms with Crippen LogP contribution in [-0.4, -0.2) is 40.6 Å². The van der Waals surface area contributed by atoms with Crippen LogP contribution in [0.1, 0.15) is 13.3 Å². The molecule has 0 aliphatic heterocycles. The number of nitrogens with two attached hydrogens (primary N) is 1. The molecule has 0 aromatic heterocycles.